The summed E-state index contributed by atoms with van der Waals surface area (Å²) in [6.45, 7) is 6.65. The van der Waals surface area contributed by atoms with Gasteiger partial charge in [-0.15, -0.1) is 0 Å². The quantitative estimate of drug-likeness (QED) is 0.554. The highest BCUT2D eigenvalue weighted by Gasteiger charge is 2.52. The van der Waals surface area contributed by atoms with E-state index in [-0.39, 0.29) is 11.9 Å². The van der Waals surface area contributed by atoms with Gasteiger partial charge in [-0.2, -0.15) is 0 Å². The molecule has 1 saturated heterocycles. The summed E-state index contributed by atoms with van der Waals surface area (Å²) in [6, 6.07) is -0.558. The number of carbonyl (C=O) groups is 2. The van der Waals surface area contributed by atoms with E-state index in [0.29, 0.717) is 19.1 Å². The van der Waals surface area contributed by atoms with E-state index in [1.54, 1.807) is 6.92 Å². The van der Waals surface area contributed by atoms with E-state index in [0.717, 1.165) is 18.4 Å². The molecule has 3 atom stereocenters. The molecule has 1 aliphatic heterocycles. The number of rotatable bonds is 2. The van der Waals surface area contributed by atoms with Gasteiger partial charge in [0.1, 0.15) is 6.04 Å². The summed E-state index contributed by atoms with van der Waals surface area (Å²) in [4.78, 5) is 25.3. The smallest absolute Gasteiger partial charge is 0.410 e. The van der Waals surface area contributed by atoms with Gasteiger partial charge >= 0.3 is 12.1 Å². The number of nitrogens with zero attached hydrogens (tertiary/aromatic N) is 1. The Morgan fingerprint density at radius 1 is 1.50 bits per heavy atom. The minimum atomic E-state index is -0.558. The SMILES string of the molecule is C=C1CCC2CN(C(=O)OC)C(C(=O)OCC)C12. The molecule has 0 bridgehead atoms. The molecule has 5 nitrogen and oxygen atoms in total. The Hall–Kier alpha value is -1.52. The third-order valence-corrected chi connectivity index (χ3v) is 3.86. The largest absolute Gasteiger partial charge is 0.464 e. The van der Waals surface area contributed by atoms with Crippen molar-refractivity contribution in [2.45, 2.75) is 25.8 Å². The van der Waals surface area contributed by atoms with Gasteiger partial charge in [0.25, 0.3) is 0 Å². The summed E-state index contributed by atoms with van der Waals surface area (Å²) in [7, 11) is 1.33. The van der Waals surface area contributed by atoms with E-state index in [9.17, 15) is 9.59 Å². The normalized spacial score (nSPS) is 30.2. The van der Waals surface area contributed by atoms with Crippen molar-refractivity contribution < 1.29 is 19.1 Å². The zero-order chi connectivity index (χ0) is 13.3. The van der Waals surface area contributed by atoms with Gasteiger partial charge in [-0.25, -0.2) is 9.59 Å². The van der Waals surface area contributed by atoms with Crippen molar-refractivity contribution in [2.24, 2.45) is 11.8 Å². The molecular formula is C13H19NO4. The molecule has 0 aromatic rings. The number of hydrogen-bond acceptors (Lipinski definition) is 4. The van der Waals surface area contributed by atoms with Crippen LogP contribution in [-0.2, 0) is 14.3 Å². The van der Waals surface area contributed by atoms with Crippen LogP contribution in [0.15, 0.2) is 12.2 Å². The predicted octanol–water partition coefficient (Wildman–Crippen LogP) is 1.58. The number of fused-ring (bicyclic) bond motifs is 1. The lowest BCUT2D eigenvalue weighted by atomic mass is 9.91. The number of carbonyl (C=O) groups excluding carboxylic acids is 2. The van der Waals surface area contributed by atoms with E-state index in [1.165, 1.54) is 12.0 Å². The zero-order valence-corrected chi connectivity index (χ0v) is 10.8. The standard InChI is InChI=1S/C13H19NO4/c1-4-18-12(15)11-10-8(2)5-6-9(10)7-14(11)13(16)17-3/h9-11H,2,4-7H2,1,3H3. The maximum absolute atomic E-state index is 12.1. The third kappa shape index (κ3) is 1.98. The Labute approximate surface area is 107 Å². The highest BCUT2D eigenvalue weighted by molar-refractivity contribution is 5.83. The molecule has 0 aromatic carbocycles. The second kappa shape index (κ2) is 5.00. The van der Waals surface area contributed by atoms with Gasteiger partial charge in [-0.3, -0.25) is 4.90 Å². The number of esters is 1. The molecular weight excluding hydrogens is 234 g/mol. The minimum Gasteiger partial charge on any atom is -0.464 e. The molecule has 0 aromatic heterocycles. The van der Waals surface area contributed by atoms with Gasteiger partial charge in [-0.1, -0.05) is 12.2 Å². The van der Waals surface area contributed by atoms with Gasteiger partial charge in [0, 0.05) is 12.5 Å². The maximum Gasteiger partial charge on any atom is 0.410 e. The van der Waals surface area contributed by atoms with E-state index in [2.05, 4.69) is 6.58 Å². The van der Waals surface area contributed by atoms with Crippen LogP contribution in [0.3, 0.4) is 0 Å². The topological polar surface area (TPSA) is 55.8 Å². The first kappa shape index (κ1) is 12.9. The number of methoxy groups -OCH3 is 1. The summed E-state index contributed by atoms with van der Waals surface area (Å²) >= 11 is 0. The van der Waals surface area contributed by atoms with Crippen molar-refractivity contribution in [3.63, 3.8) is 0 Å². The second-order valence-corrected chi connectivity index (χ2v) is 4.80. The fraction of sp³-hybridized carbons (Fsp3) is 0.692. The molecule has 1 amide bonds. The molecule has 18 heavy (non-hydrogen) atoms. The number of ether oxygens (including phenoxy) is 2. The molecule has 100 valence electrons. The van der Waals surface area contributed by atoms with E-state index in [4.69, 9.17) is 9.47 Å². The molecule has 2 fully saturated rings. The van der Waals surface area contributed by atoms with Gasteiger partial charge < -0.3 is 9.47 Å². The Bertz CT molecular complexity index is 379. The van der Waals surface area contributed by atoms with Crippen molar-refractivity contribution in [3.8, 4) is 0 Å². The van der Waals surface area contributed by atoms with Crippen molar-refractivity contribution in [1.82, 2.24) is 4.90 Å². The Morgan fingerprint density at radius 3 is 2.83 bits per heavy atom. The number of hydrogen-bond donors (Lipinski definition) is 0. The molecule has 2 aliphatic rings. The lowest BCUT2D eigenvalue weighted by molar-refractivity contribution is -0.148. The second-order valence-electron chi connectivity index (χ2n) is 4.80. The van der Waals surface area contributed by atoms with Crippen molar-refractivity contribution in [3.05, 3.63) is 12.2 Å². The van der Waals surface area contributed by atoms with Gasteiger partial charge in [0.15, 0.2) is 0 Å². The van der Waals surface area contributed by atoms with Crippen molar-refractivity contribution in [2.75, 3.05) is 20.3 Å². The van der Waals surface area contributed by atoms with Crippen molar-refractivity contribution in [1.29, 1.82) is 0 Å². The first-order valence-corrected chi connectivity index (χ1v) is 6.29. The highest BCUT2D eigenvalue weighted by Crippen LogP contribution is 2.45. The zero-order valence-electron chi connectivity index (χ0n) is 10.8. The molecule has 1 aliphatic carbocycles. The van der Waals surface area contributed by atoms with Crippen LogP contribution < -0.4 is 0 Å². The fourth-order valence-corrected chi connectivity index (χ4v) is 3.10. The lowest BCUT2D eigenvalue weighted by Gasteiger charge is -2.25. The average Bonchev–Trinajstić information content (AvgIpc) is 2.89. The molecule has 1 saturated carbocycles. The summed E-state index contributed by atoms with van der Waals surface area (Å²) in [5, 5.41) is 0. The van der Waals surface area contributed by atoms with Crippen LogP contribution in [0.2, 0.25) is 0 Å². The summed E-state index contributed by atoms with van der Waals surface area (Å²) in [5.41, 5.74) is 1.05. The van der Waals surface area contributed by atoms with Crippen LogP contribution in [0, 0.1) is 11.8 Å². The first-order chi connectivity index (χ1) is 8.60. The summed E-state index contributed by atoms with van der Waals surface area (Å²) < 4.78 is 9.82. The molecule has 0 spiro atoms. The van der Waals surface area contributed by atoms with E-state index >= 15 is 0 Å². The average molecular weight is 253 g/mol. The van der Waals surface area contributed by atoms with Gasteiger partial charge in [0.05, 0.1) is 13.7 Å². The summed E-state index contributed by atoms with van der Waals surface area (Å²) in [5.74, 6) is -0.00685. The number of likely N-dealkylation sites (tertiary alicyclic amines) is 1. The van der Waals surface area contributed by atoms with Crippen LogP contribution in [-0.4, -0.2) is 43.3 Å². The first-order valence-electron chi connectivity index (χ1n) is 6.29. The summed E-state index contributed by atoms with van der Waals surface area (Å²) in [6.07, 6.45) is 1.45. The maximum atomic E-state index is 12.1. The van der Waals surface area contributed by atoms with Gasteiger partial charge in [0.2, 0.25) is 0 Å². The monoisotopic (exact) mass is 253 g/mol. The Morgan fingerprint density at radius 2 is 2.22 bits per heavy atom. The molecule has 1 heterocycles. The van der Waals surface area contributed by atoms with E-state index in [1.807, 2.05) is 0 Å². The fourth-order valence-electron chi connectivity index (χ4n) is 3.10. The van der Waals surface area contributed by atoms with Crippen LogP contribution in [0.25, 0.3) is 0 Å². The van der Waals surface area contributed by atoms with Gasteiger partial charge in [-0.05, 0) is 25.7 Å². The molecule has 0 N–H and O–H groups in total. The third-order valence-electron chi connectivity index (χ3n) is 3.86. The Balaban J connectivity index is 2.24. The van der Waals surface area contributed by atoms with Crippen LogP contribution in [0.5, 0.6) is 0 Å². The van der Waals surface area contributed by atoms with Crippen LogP contribution in [0.1, 0.15) is 19.8 Å². The lowest BCUT2D eigenvalue weighted by Crippen LogP contribution is -2.44. The Kier molecular flexibility index (Phi) is 3.59. The van der Waals surface area contributed by atoms with Crippen LogP contribution >= 0.6 is 0 Å². The molecule has 3 unspecified atom stereocenters. The van der Waals surface area contributed by atoms with E-state index < -0.39 is 12.1 Å². The highest BCUT2D eigenvalue weighted by atomic mass is 16.6. The minimum absolute atomic E-state index is 0.0307. The molecule has 2 rings (SSSR count). The van der Waals surface area contributed by atoms with Crippen LogP contribution in [0.4, 0.5) is 4.79 Å². The van der Waals surface area contributed by atoms with Crippen molar-refractivity contribution >= 4 is 12.1 Å². The predicted molar refractivity (Wildman–Crippen MR) is 64.9 cm³/mol. The molecule has 0 radical (unpaired) electrons. The number of amides is 1. The molecule has 5 heteroatoms.